The standard InChI is InChI=1S/C10H18O2/c1-10(2,3)9(12)7-5-4-6-8(7)11/h7-8,11H,4-6H2,1-3H3/t7-,8+/m1/s1. The molecule has 0 saturated heterocycles. The quantitative estimate of drug-likeness (QED) is 0.651. The molecule has 0 spiro atoms. The molecule has 1 saturated carbocycles. The molecular weight excluding hydrogens is 152 g/mol. The molecule has 1 aliphatic carbocycles. The summed E-state index contributed by atoms with van der Waals surface area (Å²) in [6.07, 6.45) is 2.29. The minimum absolute atomic E-state index is 0.0926. The maximum absolute atomic E-state index is 11.7. The van der Waals surface area contributed by atoms with Gasteiger partial charge in [0.05, 0.1) is 6.10 Å². The van der Waals surface area contributed by atoms with E-state index in [1.807, 2.05) is 20.8 Å². The second kappa shape index (κ2) is 3.17. The zero-order valence-corrected chi connectivity index (χ0v) is 8.13. The molecule has 0 aromatic rings. The van der Waals surface area contributed by atoms with Crippen LogP contribution in [0.1, 0.15) is 40.0 Å². The van der Waals surface area contributed by atoms with Crippen molar-refractivity contribution < 1.29 is 9.90 Å². The molecular formula is C10H18O2. The van der Waals surface area contributed by atoms with E-state index >= 15 is 0 Å². The van der Waals surface area contributed by atoms with Gasteiger partial charge < -0.3 is 5.11 Å². The monoisotopic (exact) mass is 170 g/mol. The Morgan fingerprint density at radius 2 is 1.92 bits per heavy atom. The molecule has 1 rings (SSSR count). The summed E-state index contributed by atoms with van der Waals surface area (Å²) in [5, 5.41) is 9.50. The Balaban J connectivity index is 2.64. The lowest BCUT2D eigenvalue weighted by atomic mass is 9.81. The number of carbonyl (C=O) groups excluding carboxylic acids is 1. The van der Waals surface area contributed by atoms with Crippen LogP contribution in [0.25, 0.3) is 0 Å². The maximum atomic E-state index is 11.7. The lowest BCUT2D eigenvalue weighted by Crippen LogP contribution is -2.32. The first-order valence-corrected chi connectivity index (χ1v) is 4.65. The first-order chi connectivity index (χ1) is 5.43. The van der Waals surface area contributed by atoms with Crippen LogP contribution in [0.2, 0.25) is 0 Å². The van der Waals surface area contributed by atoms with E-state index in [-0.39, 0.29) is 23.2 Å². The molecule has 0 aliphatic heterocycles. The fraction of sp³-hybridized carbons (Fsp3) is 0.900. The number of aliphatic hydroxyl groups is 1. The summed E-state index contributed by atoms with van der Waals surface area (Å²) in [6, 6.07) is 0. The van der Waals surface area contributed by atoms with E-state index in [4.69, 9.17) is 0 Å². The second-order valence-corrected chi connectivity index (χ2v) is 4.72. The molecule has 0 amide bonds. The fourth-order valence-corrected chi connectivity index (χ4v) is 1.80. The van der Waals surface area contributed by atoms with E-state index in [0.29, 0.717) is 0 Å². The highest BCUT2D eigenvalue weighted by molar-refractivity contribution is 5.86. The van der Waals surface area contributed by atoms with Gasteiger partial charge in [0.15, 0.2) is 0 Å². The SMILES string of the molecule is CC(C)(C)C(=O)[C@@H]1CCC[C@@H]1O. The van der Waals surface area contributed by atoms with Gasteiger partial charge in [-0.2, -0.15) is 0 Å². The van der Waals surface area contributed by atoms with Crippen LogP contribution >= 0.6 is 0 Å². The van der Waals surface area contributed by atoms with Gasteiger partial charge in [0.1, 0.15) is 5.78 Å². The minimum atomic E-state index is -0.378. The Morgan fingerprint density at radius 1 is 1.33 bits per heavy atom. The Kier molecular flexibility index (Phi) is 2.57. The molecule has 12 heavy (non-hydrogen) atoms. The lowest BCUT2D eigenvalue weighted by molar-refractivity contribution is -0.133. The van der Waals surface area contributed by atoms with Crippen molar-refractivity contribution >= 4 is 5.78 Å². The smallest absolute Gasteiger partial charge is 0.143 e. The van der Waals surface area contributed by atoms with Crippen molar-refractivity contribution in [1.82, 2.24) is 0 Å². The Bertz CT molecular complexity index is 179. The number of hydrogen-bond acceptors (Lipinski definition) is 2. The van der Waals surface area contributed by atoms with Crippen molar-refractivity contribution in [2.24, 2.45) is 11.3 Å². The van der Waals surface area contributed by atoms with Crippen LogP contribution in [0.15, 0.2) is 0 Å². The van der Waals surface area contributed by atoms with Crippen molar-refractivity contribution in [1.29, 1.82) is 0 Å². The average Bonchev–Trinajstić information content (AvgIpc) is 2.31. The van der Waals surface area contributed by atoms with E-state index in [9.17, 15) is 9.90 Å². The summed E-state index contributed by atoms with van der Waals surface area (Å²) >= 11 is 0. The summed E-state index contributed by atoms with van der Waals surface area (Å²) in [5.41, 5.74) is -0.296. The van der Waals surface area contributed by atoms with E-state index in [1.165, 1.54) is 0 Å². The average molecular weight is 170 g/mol. The second-order valence-electron chi connectivity index (χ2n) is 4.72. The van der Waals surface area contributed by atoms with Crippen molar-refractivity contribution in [2.75, 3.05) is 0 Å². The van der Waals surface area contributed by atoms with Crippen LogP contribution < -0.4 is 0 Å². The fourth-order valence-electron chi connectivity index (χ4n) is 1.80. The molecule has 1 fully saturated rings. The van der Waals surface area contributed by atoms with Gasteiger partial charge in [-0.25, -0.2) is 0 Å². The number of Topliss-reactive ketones (excluding diaryl/α,β-unsaturated/α-hetero) is 1. The zero-order chi connectivity index (χ0) is 9.35. The van der Waals surface area contributed by atoms with E-state index in [2.05, 4.69) is 0 Å². The highest BCUT2D eigenvalue weighted by Crippen LogP contribution is 2.32. The first-order valence-electron chi connectivity index (χ1n) is 4.65. The third-order valence-corrected chi connectivity index (χ3v) is 2.56. The number of aliphatic hydroxyl groups excluding tert-OH is 1. The lowest BCUT2D eigenvalue weighted by Gasteiger charge is -2.23. The predicted molar refractivity (Wildman–Crippen MR) is 47.8 cm³/mol. The molecule has 0 unspecified atom stereocenters. The molecule has 0 radical (unpaired) electrons. The summed E-state index contributed by atoms with van der Waals surface area (Å²) < 4.78 is 0. The van der Waals surface area contributed by atoms with Gasteiger partial charge in [-0.15, -0.1) is 0 Å². The van der Waals surface area contributed by atoms with Crippen LogP contribution in [-0.4, -0.2) is 17.0 Å². The van der Waals surface area contributed by atoms with Crippen molar-refractivity contribution in [3.05, 3.63) is 0 Å². The van der Waals surface area contributed by atoms with Crippen LogP contribution in [0.5, 0.6) is 0 Å². The maximum Gasteiger partial charge on any atom is 0.143 e. The third kappa shape index (κ3) is 1.86. The molecule has 0 aromatic carbocycles. The topological polar surface area (TPSA) is 37.3 Å². The number of rotatable bonds is 1. The van der Waals surface area contributed by atoms with Gasteiger partial charge in [-0.05, 0) is 12.8 Å². The first kappa shape index (κ1) is 9.72. The zero-order valence-electron chi connectivity index (χ0n) is 8.13. The number of hydrogen-bond donors (Lipinski definition) is 1. The molecule has 0 heterocycles. The Hall–Kier alpha value is -0.370. The Morgan fingerprint density at radius 3 is 2.25 bits per heavy atom. The van der Waals surface area contributed by atoms with Crippen LogP contribution in [0.3, 0.4) is 0 Å². The van der Waals surface area contributed by atoms with Crippen molar-refractivity contribution in [2.45, 2.75) is 46.1 Å². The number of carbonyl (C=O) groups is 1. The van der Waals surface area contributed by atoms with Crippen LogP contribution in [0, 0.1) is 11.3 Å². The molecule has 2 heteroatoms. The van der Waals surface area contributed by atoms with Gasteiger partial charge in [-0.3, -0.25) is 4.79 Å². The Labute approximate surface area is 74.0 Å². The summed E-state index contributed by atoms with van der Waals surface area (Å²) in [5.74, 6) is 0.123. The van der Waals surface area contributed by atoms with Gasteiger partial charge in [0.2, 0.25) is 0 Å². The van der Waals surface area contributed by atoms with E-state index in [0.717, 1.165) is 19.3 Å². The largest absolute Gasteiger partial charge is 0.392 e. The molecule has 0 aromatic heterocycles. The summed E-state index contributed by atoms with van der Waals surface area (Å²) in [6.45, 7) is 5.75. The third-order valence-electron chi connectivity index (χ3n) is 2.56. The molecule has 2 nitrogen and oxygen atoms in total. The van der Waals surface area contributed by atoms with Crippen molar-refractivity contribution in [3.8, 4) is 0 Å². The van der Waals surface area contributed by atoms with E-state index < -0.39 is 0 Å². The van der Waals surface area contributed by atoms with Crippen LogP contribution in [-0.2, 0) is 4.79 Å². The van der Waals surface area contributed by atoms with Crippen LogP contribution in [0.4, 0.5) is 0 Å². The van der Waals surface area contributed by atoms with Gasteiger partial charge >= 0.3 is 0 Å². The van der Waals surface area contributed by atoms with Gasteiger partial charge in [-0.1, -0.05) is 27.2 Å². The highest BCUT2D eigenvalue weighted by Gasteiger charge is 2.36. The molecule has 2 atom stereocenters. The molecule has 70 valence electrons. The molecule has 1 aliphatic rings. The van der Waals surface area contributed by atoms with Gasteiger partial charge in [0, 0.05) is 11.3 Å². The van der Waals surface area contributed by atoms with E-state index in [1.54, 1.807) is 0 Å². The summed E-state index contributed by atoms with van der Waals surface area (Å²) in [4.78, 5) is 11.7. The highest BCUT2D eigenvalue weighted by atomic mass is 16.3. The summed E-state index contributed by atoms with van der Waals surface area (Å²) in [7, 11) is 0. The minimum Gasteiger partial charge on any atom is -0.392 e. The van der Waals surface area contributed by atoms with Crippen molar-refractivity contribution in [3.63, 3.8) is 0 Å². The molecule has 0 bridgehead atoms. The number of ketones is 1. The normalized spacial score (nSPS) is 30.7. The molecule has 1 N–H and O–H groups in total. The predicted octanol–water partition coefficient (Wildman–Crippen LogP) is 1.76. The van der Waals surface area contributed by atoms with Gasteiger partial charge in [0.25, 0.3) is 0 Å².